The molecule has 0 unspecified atom stereocenters. The van der Waals surface area contributed by atoms with Crippen molar-refractivity contribution in [1.82, 2.24) is 19.8 Å². The molecule has 9 heteroatoms. The maximum atomic E-state index is 13.5. The Bertz CT molecular complexity index is 979. The first-order chi connectivity index (χ1) is 17.0. The summed E-state index contributed by atoms with van der Waals surface area (Å²) in [5, 5.41) is 2.21. The van der Waals surface area contributed by atoms with Gasteiger partial charge >= 0.3 is 0 Å². The van der Waals surface area contributed by atoms with Gasteiger partial charge < -0.3 is 14.7 Å². The van der Waals surface area contributed by atoms with E-state index in [0.29, 0.717) is 42.7 Å². The topological polar surface area (TPSA) is 69.6 Å². The maximum Gasteiger partial charge on any atom is 0.230 e. The molecule has 2 fully saturated rings. The fourth-order valence-corrected chi connectivity index (χ4v) is 6.11. The van der Waals surface area contributed by atoms with Gasteiger partial charge in [-0.3, -0.25) is 14.6 Å². The Kier molecular flexibility index (Phi) is 9.40. The number of anilines is 1. The van der Waals surface area contributed by atoms with Crippen LogP contribution in [0.5, 0.6) is 0 Å². The van der Waals surface area contributed by atoms with Crippen molar-refractivity contribution >= 4 is 40.9 Å². The molecule has 2 aromatic rings. The zero-order valence-corrected chi connectivity index (χ0v) is 21.9. The van der Waals surface area contributed by atoms with E-state index in [1.165, 1.54) is 0 Å². The second-order valence-electron chi connectivity index (χ2n) is 9.31. The van der Waals surface area contributed by atoms with Gasteiger partial charge in [0.05, 0.1) is 6.20 Å². The first-order valence-electron chi connectivity index (χ1n) is 12.5. The summed E-state index contributed by atoms with van der Waals surface area (Å²) in [6.07, 6.45) is 9.89. The highest BCUT2D eigenvalue weighted by atomic mass is 35.5. The maximum absolute atomic E-state index is 13.5. The number of thioether (sulfide) groups is 1. The molecule has 0 saturated carbocycles. The second-order valence-corrected chi connectivity index (χ2v) is 11.1. The van der Waals surface area contributed by atoms with Gasteiger partial charge in [0.15, 0.2) is 0 Å². The Hall–Kier alpha value is -2.16. The zero-order chi connectivity index (χ0) is 24.6. The van der Waals surface area contributed by atoms with Crippen LogP contribution in [0, 0.1) is 5.92 Å². The summed E-state index contributed by atoms with van der Waals surface area (Å²) in [6, 6.07) is 7.57. The molecular weight excluding hydrogens is 482 g/mol. The first-order valence-corrected chi connectivity index (χ1v) is 13.7. The zero-order valence-electron chi connectivity index (χ0n) is 20.3. The van der Waals surface area contributed by atoms with E-state index in [0.717, 1.165) is 49.6 Å². The van der Waals surface area contributed by atoms with Gasteiger partial charge in [0, 0.05) is 60.8 Å². The number of carbonyl (C=O) groups excluding carboxylic acids is 2. The fraction of sp³-hybridized carbons (Fsp3) is 0.538. The molecule has 0 radical (unpaired) electrons. The number of aromatic nitrogens is 2. The van der Waals surface area contributed by atoms with Crippen molar-refractivity contribution in [3.05, 3.63) is 47.9 Å². The predicted octanol–water partition coefficient (Wildman–Crippen LogP) is 4.37. The molecule has 0 aliphatic carbocycles. The number of carbonyl (C=O) groups is 2. The third kappa shape index (κ3) is 7.41. The average Bonchev–Trinajstić information content (AvgIpc) is 2.88. The summed E-state index contributed by atoms with van der Waals surface area (Å²) >= 11 is 8.09. The van der Waals surface area contributed by atoms with Crippen LogP contribution < -0.4 is 4.90 Å². The monoisotopic (exact) mass is 515 g/mol. The molecule has 2 aliphatic heterocycles. The minimum Gasteiger partial charge on any atom is -0.343 e. The van der Waals surface area contributed by atoms with Crippen molar-refractivity contribution in [3.8, 4) is 0 Å². The number of piperidine rings is 2. The van der Waals surface area contributed by atoms with Gasteiger partial charge in [-0.05, 0) is 69.9 Å². The van der Waals surface area contributed by atoms with Crippen LogP contribution in [-0.4, -0.2) is 76.1 Å². The third-order valence-electron chi connectivity index (χ3n) is 6.89. The van der Waals surface area contributed by atoms with E-state index in [9.17, 15) is 9.59 Å². The Morgan fingerprint density at radius 1 is 1.11 bits per heavy atom. The lowest BCUT2D eigenvalue weighted by atomic mass is 9.94. The number of benzene rings is 1. The van der Waals surface area contributed by atoms with E-state index >= 15 is 0 Å². The standard InChI is InChI=1S/C26H34ClN5O2S/c1-20(33)31-16-6-21(7-17-31)26(34)32(23-5-2-4-22(27)18-23)13-3-12-30-14-8-24(9-15-30)35-25-19-28-10-11-29-25/h2,4-5,10-11,18-19,21,24H,3,6-9,12-17H2,1H3. The normalized spacial score (nSPS) is 17.9. The van der Waals surface area contributed by atoms with Gasteiger partial charge in [-0.2, -0.15) is 0 Å². The summed E-state index contributed by atoms with van der Waals surface area (Å²) < 4.78 is 0. The van der Waals surface area contributed by atoms with E-state index in [1.807, 2.05) is 52.0 Å². The highest BCUT2D eigenvalue weighted by Gasteiger charge is 2.30. The molecule has 1 aromatic heterocycles. The van der Waals surface area contributed by atoms with E-state index in [-0.39, 0.29) is 17.7 Å². The van der Waals surface area contributed by atoms with Crippen LogP contribution in [0.2, 0.25) is 5.02 Å². The number of hydrogen-bond donors (Lipinski definition) is 0. The van der Waals surface area contributed by atoms with Crippen molar-refractivity contribution in [3.63, 3.8) is 0 Å². The van der Waals surface area contributed by atoms with Gasteiger partial charge in [0.1, 0.15) is 5.03 Å². The lowest BCUT2D eigenvalue weighted by Crippen LogP contribution is -2.45. The molecule has 2 amide bonds. The van der Waals surface area contributed by atoms with Gasteiger partial charge in [-0.15, -0.1) is 11.8 Å². The molecular formula is C26H34ClN5O2S. The second kappa shape index (κ2) is 12.7. The molecule has 0 bridgehead atoms. The smallest absolute Gasteiger partial charge is 0.230 e. The largest absolute Gasteiger partial charge is 0.343 e. The summed E-state index contributed by atoms with van der Waals surface area (Å²) in [5.41, 5.74) is 0.857. The Balaban J connectivity index is 1.29. The van der Waals surface area contributed by atoms with Gasteiger partial charge in [-0.25, -0.2) is 4.98 Å². The average molecular weight is 516 g/mol. The number of amides is 2. The molecule has 2 saturated heterocycles. The van der Waals surface area contributed by atoms with Crippen LogP contribution in [0.25, 0.3) is 0 Å². The van der Waals surface area contributed by atoms with E-state index in [4.69, 9.17) is 11.6 Å². The van der Waals surface area contributed by atoms with Crippen molar-refractivity contribution in [2.75, 3.05) is 44.2 Å². The van der Waals surface area contributed by atoms with Crippen molar-refractivity contribution in [2.45, 2.75) is 49.3 Å². The molecule has 35 heavy (non-hydrogen) atoms. The van der Waals surface area contributed by atoms with Crippen LogP contribution in [0.4, 0.5) is 5.69 Å². The molecule has 3 heterocycles. The Morgan fingerprint density at radius 3 is 2.54 bits per heavy atom. The van der Waals surface area contributed by atoms with Gasteiger partial charge in [-0.1, -0.05) is 17.7 Å². The van der Waals surface area contributed by atoms with E-state index < -0.39 is 0 Å². The number of rotatable bonds is 8. The van der Waals surface area contributed by atoms with Gasteiger partial charge in [0.25, 0.3) is 0 Å². The summed E-state index contributed by atoms with van der Waals surface area (Å²) in [4.78, 5) is 40.0. The van der Waals surface area contributed by atoms with Crippen molar-refractivity contribution < 1.29 is 9.59 Å². The van der Waals surface area contributed by atoms with E-state index in [2.05, 4.69) is 14.9 Å². The van der Waals surface area contributed by atoms with E-state index in [1.54, 1.807) is 19.3 Å². The molecule has 7 nitrogen and oxygen atoms in total. The number of hydrogen-bond acceptors (Lipinski definition) is 6. The molecule has 4 rings (SSSR count). The van der Waals surface area contributed by atoms with Crippen LogP contribution in [0.3, 0.4) is 0 Å². The van der Waals surface area contributed by atoms with Crippen LogP contribution in [0.15, 0.2) is 47.9 Å². The first kappa shape index (κ1) is 25.9. The van der Waals surface area contributed by atoms with Crippen molar-refractivity contribution in [2.24, 2.45) is 5.92 Å². The predicted molar refractivity (Wildman–Crippen MR) is 141 cm³/mol. The quantitative estimate of drug-likeness (QED) is 0.520. The third-order valence-corrected chi connectivity index (χ3v) is 8.39. The molecule has 188 valence electrons. The molecule has 0 spiro atoms. The summed E-state index contributed by atoms with van der Waals surface area (Å²) in [7, 11) is 0. The lowest BCUT2D eigenvalue weighted by molar-refractivity contribution is -0.133. The molecule has 0 N–H and O–H groups in total. The molecule has 0 atom stereocenters. The van der Waals surface area contributed by atoms with Crippen LogP contribution in [0.1, 0.15) is 39.0 Å². The van der Waals surface area contributed by atoms with Crippen molar-refractivity contribution in [1.29, 1.82) is 0 Å². The minimum absolute atomic E-state index is 0.0570. The number of halogens is 1. The summed E-state index contributed by atoms with van der Waals surface area (Å²) in [5.74, 6) is 0.175. The van der Waals surface area contributed by atoms with Crippen LogP contribution in [-0.2, 0) is 9.59 Å². The molecule has 1 aromatic carbocycles. The highest BCUT2D eigenvalue weighted by Crippen LogP contribution is 2.29. The highest BCUT2D eigenvalue weighted by molar-refractivity contribution is 7.99. The SMILES string of the molecule is CC(=O)N1CCC(C(=O)N(CCCN2CCC(Sc3cnccn3)CC2)c2cccc(Cl)c2)CC1. The fourth-order valence-electron chi connectivity index (χ4n) is 4.89. The van der Waals surface area contributed by atoms with Crippen LogP contribution >= 0.6 is 23.4 Å². The number of likely N-dealkylation sites (tertiary alicyclic amines) is 2. The lowest BCUT2D eigenvalue weighted by Gasteiger charge is -2.35. The molecule has 2 aliphatic rings. The Morgan fingerprint density at radius 2 is 1.89 bits per heavy atom. The summed E-state index contributed by atoms with van der Waals surface area (Å²) in [6.45, 7) is 6.65. The van der Waals surface area contributed by atoms with Gasteiger partial charge in [0.2, 0.25) is 11.8 Å². The Labute approximate surface area is 217 Å². The minimum atomic E-state index is -0.0570. The number of nitrogens with zero attached hydrogens (tertiary/aromatic N) is 5.